The van der Waals surface area contributed by atoms with Gasteiger partial charge in [-0.2, -0.15) is 4.80 Å². The number of sulfonamides is 1. The molecule has 0 spiro atoms. The van der Waals surface area contributed by atoms with Gasteiger partial charge in [0, 0.05) is 24.4 Å². The Kier molecular flexibility index (Phi) is 10.5. The first-order valence-corrected chi connectivity index (χ1v) is 20.3. The smallest absolute Gasteiger partial charge is 0.408 e. The summed E-state index contributed by atoms with van der Waals surface area (Å²) in [4.78, 5) is 58.3. The second kappa shape index (κ2) is 15.1. The number of methoxy groups -OCH3 is 1. The molecule has 5 fully saturated rings. The molecule has 1 aliphatic heterocycles. The Labute approximate surface area is 308 Å². The molecule has 53 heavy (non-hydrogen) atoms. The fourth-order valence-corrected chi connectivity index (χ4v) is 9.09. The predicted molar refractivity (Wildman–Crippen MR) is 190 cm³/mol. The lowest BCUT2D eigenvalue weighted by Crippen LogP contribution is -2.58. The van der Waals surface area contributed by atoms with Crippen LogP contribution in [0.5, 0.6) is 5.75 Å². The van der Waals surface area contributed by atoms with Gasteiger partial charge in [0.2, 0.25) is 27.7 Å². The number of hydrogen-bond acceptors (Lipinski definition) is 11. The number of hydrogen-bond donors (Lipinski definition) is 3. The van der Waals surface area contributed by atoms with Crippen molar-refractivity contribution in [2.75, 3.05) is 13.7 Å². The van der Waals surface area contributed by atoms with E-state index in [9.17, 15) is 27.6 Å². The summed E-state index contributed by atoms with van der Waals surface area (Å²) >= 11 is 0. The minimum atomic E-state index is -3.89. The summed E-state index contributed by atoms with van der Waals surface area (Å²) in [6, 6.07) is 4.50. The van der Waals surface area contributed by atoms with E-state index in [4.69, 9.17) is 9.47 Å². The van der Waals surface area contributed by atoms with Gasteiger partial charge in [-0.3, -0.25) is 19.1 Å². The number of likely N-dealkylation sites (tertiary alicyclic amines) is 1. The standard InChI is InChI=1S/C36H48N8O8S/c1-3-24-20-36(24,34(47)41-53(49,50)28-16-17-28)38-32(45)30-19-25(44-40-31(39-42-44)23-12-14-26(51-2)15-13-23)21-43(30)33(46)29(18-22-8-5-4-6-9-22)37-35(48)52-27-10-7-11-27/h3,12-15,22,24-25,27-30H,1,4-11,16-21H2,2H3,(H,37,48)(H,38,45)(H,41,47)/t24-,25-,29+,30+,36-/m1/s1. The van der Waals surface area contributed by atoms with Gasteiger partial charge in [-0.05, 0) is 80.3 Å². The summed E-state index contributed by atoms with van der Waals surface area (Å²) in [6.07, 6.45) is 9.80. The summed E-state index contributed by atoms with van der Waals surface area (Å²) < 4.78 is 38.4. The van der Waals surface area contributed by atoms with Gasteiger partial charge in [-0.15, -0.1) is 16.8 Å². The lowest BCUT2D eigenvalue weighted by Gasteiger charge is -2.33. The number of rotatable bonds is 14. The number of amides is 4. The highest BCUT2D eigenvalue weighted by molar-refractivity contribution is 7.91. The van der Waals surface area contributed by atoms with Crippen molar-refractivity contribution in [2.24, 2.45) is 11.8 Å². The van der Waals surface area contributed by atoms with Crippen molar-refractivity contribution in [3.63, 3.8) is 0 Å². The van der Waals surface area contributed by atoms with Gasteiger partial charge >= 0.3 is 6.09 Å². The lowest BCUT2D eigenvalue weighted by molar-refractivity contribution is -0.141. The Bertz CT molecular complexity index is 1820. The van der Waals surface area contributed by atoms with Crippen LogP contribution in [0.2, 0.25) is 0 Å². The highest BCUT2D eigenvalue weighted by Crippen LogP contribution is 2.46. The molecule has 1 aromatic carbocycles. The highest BCUT2D eigenvalue weighted by Gasteiger charge is 2.62. The van der Waals surface area contributed by atoms with E-state index in [1.807, 2.05) is 0 Å². The molecule has 3 N–H and O–H groups in total. The molecule has 5 atom stereocenters. The van der Waals surface area contributed by atoms with Crippen LogP contribution in [-0.4, -0.2) is 100.0 Å². The Hall–Kier alpha value is -4.54. The summed E-state index contributed by atoms with van der Waals surface area (Å²) in [7, 11) is -2.32. The maximum Gasteiger partial charge on any atom is 0.408 e. The van der Waals surface area contributed by atoms with E-state index in [0.29, 0.717) is 36.4 Å². The van der Waals surface area contributed by atoms with Crippen molar-refractivity contribution >= 4 is 33.8 Å². The number of nitrogens with one attached hydrogen (secondary N) is 3. The first kappa shape index (κ1) is 36.8. The van der Waals surface area contributed by atoms with Crippen molar-refractivity contribution in [3.8, 4) is 17.1 Å². The molecule has 5 aliphatic rings. The monoisotopic (exact) mass is 752 g/mol. The zero-order chi connectivity index (χ0) is 37.3. The maximum absolute atomic E-state index is 14.6. The first-order chi connectivity index (χ1) is 25.5. The van der Waals surface area contributed by atoms with Crippen LogP contribution in [0.1, 0.15) is 89.5 Å². The van der Waals surface area contributed by atoms with Crippen LogP contribution in [0, 0.1) is 11.8 Å². The van der Waals surface area contributed by atoms with Crippen LogP contribution in [0.3, 0.4) is 0 Å². The van der Waals surface area contributed by atoms with Crippen molar-refractivity contribution < 1.29 is 37.1 Å². The molecule has 0 bridgehead atoms. The minimum absolute atomic E-state index is 0.0238. The average molecular weight is 753 g/mol. The molecule has 2 heterocycles. The molecule has 1 saturated heterocycles. The Morgan fingerprint density at radius 2 is 1.77 bits per heavy atom. The first-order valence-electron chi connectivity index (χ1n) is 18.7. The molecule has 4 aliphatic carbocycles. The van der Waals surface area contributed by atoms with Crippen LogP contribution in [-0.2, 0) is 29.1 Å². The van der Waals surface area contributed by atoms with E-state index in [1.54, 1.807) is 31.4 Å². The molecular weight excluding hydrogens is 705 g/mol. The average Bonchev–Trinajstić information content (AvgIpc) is 4.02. The van der Waals surface area contributed by atoms with Gasteiger partial charge in [0.05, 0.1) is 18.4 Å². The Morgan fingerprint density at radius 3 is 2.40 bits per heavy atom. The van der Waals surface area contributed by atoms with Gasteiger partial charge in [0.1, 0.15) is 29.5 Å². The number of tetrazole rings is 1. The van der Waals surface area contributed by atoms with Crippen molar-refractivity contribution in [1.29, 1.82) is 0 Å². The van der Waals surface area contributed by atoms with E-state index < -0.39 is 68.7 Å². The lowest BCUT2D eigenvalue weighted by atomic mass is 9.84. The number of alkyl carbamates (subject to hydrolysis) is 1. The van der Waals surface area contributed by atoms with Crippen LogP contribution < -0.4 is 20.1 Å². The summed E-state index contributed by atoms with van der Waals surface area (Å²) in [5, 5.41) is 18.1. The molecule has 17 heteroatoms. The predicted octanol–water partition coefficient (Wildman–Crippen LogP) is 2.78. The SMILES string of the molecule is C=C[C@@H]1C[C@]1(NC(=O)[C@@H]1C[C@@H](n2nnc(-c3ccc(OC)cc3)n2)CN1C(=O)[C@H](CC1CCCCC1)NC(=O)OC1CCC1)C(=O)NS(=O)(=O)C1CC1. The van der Waals surface area contributed by atoms with Crippen molar-refractivity contribution in [1.82, 2.24) is 40.5 Å². The van der Waals surface area contributed by atoms with Crippen molar-refractivity contribution in [2.45, 2.75) is 118 Å². The van der Waals surface area contributed by atoms with Crippen molar-refractivity contribution in [3.05, 3.63) is 36.9 Å². The third kappa shape index (κ3) is 8.04. The number of carbonyl (C=O) groups excluding carboxylic acids is 4. The topological polar surface area (TPSA) is 204 Å². The third-order valence-electron chi connectivity index (χ3n) is 11.4. The zero-order valence-electron chi connectivity index (χ0n) is 29.9. The number of nitrogens with zero attached hydrogens (tertiary/aromatic N) is 5. The van der Waals surface area contributed by atoms with E-state index in [-0.39, 0.29) is 31.4 Å². The van der Waals surface area contributed by atoms with Gasteiger partial charge in [-0.1, -0.05) is 38.2 Å². The summed E-state index contributed by atoms with van der Waals surface area (Å²) in [6.45, 7) is 3.81. The molecule has 4 amide bonds. The normalized spacial score (nSPS) is 26.5. The van der Waals surface area contributed by atoms with Crippen LogP contribution in [0.25, 0.3) is 11.4 Å². The van der Waals surface area contributed by atoms with Gasteiger partial charge in [0.25, 0.3) is 5.91 Å². The van der Waals surface area contributed by atoms with Crippen LogP contribution >= 0.6 is 0 Å². The third-order valence-corrected chi connectivity index (χ3v) is 13.2. The van der Waals surface area contributed by atoms with E-state index in [2.05, 4.69) is 37.3 Å². The van der Waals surface area contributed by atoms with Gasteiger partial charge in [-0.25, -0.2) is 13.2 Å². The van der Waals surface area contributed by atoms with Crippen LogP contribution in [0.4, 0.5) is 4.79 Å². The summed E-state index contributed by atoms with van der Waals surface area (Å²) in [5.74, 6) is -1.21. The second-order valence-electron chi connectivity index (χ2n) is 15.1. The van der Waals surface area contributed by atoms with Gasteiger partial charge < -0.3 is 25.0 Å². The number of ether oxygens (including phenoxy) is 2. The summed E-state index contributed by atoms with van der Waals surface area (Å²) in [5.41, 5.74) is -0.843. The Balaban J connectivity index is 1.15. The quantitative estimate of drug-likeness (QED) is 0.240. The number of aromatic nitrogens is 4. The van der Waals surface area contributed by atoms with E-state index in [1.165, 1.54) is 15.8 Å². The molecule has 1 aromatic heterocycles. The molecule has 0 unspecified atom stereocenters. The molecule has 286 valence electrons. The molecular formula is C36H48N8O8S. The molecule has 4 saturated carbocycles. The highest BCUT2D eigenvalue weighted by atomic mass is 32.2. The molecule has 16 nitrogen and oxygen atoms in total. The van der Waals surface area contributed by atoms with E-state index in [0.717, 1.165) is 51.4 Å². The number of benzene rings is 1. The fraction of sp³-hybridized carbons (Fsp3) is 0.639. The molecule has 0 radical (unpaired) electrons. The second-order valence-corrected chi connectivity index (χ2v) is 17.1. The fourth-order valence-electron chi connectivity index (χ4n) is 7.72. The minimum Gasteiger partial charge on any atom is -0.497 e. The Morgan fingerprint density at radius 1 is 1.04 bits per heavy atom. The van der Waals surface area contributed by atoms with Gasteiger partial charge in [0.15, 0.2) is 0 Å². The molecule has 2 aromatic rings. The van der Waals surface area contributed by atoms with Crippen LogP contribution in [0.15, 0.2) is 36.9 Å². The molecule has 7 rings (SSSR count). The largest absolute Gasteiger partial charge is 0.497 e. The number of carbonyl (C=O) groups is 4. The maximum atomic E-state index is 14.6. The zero-order valence-corrected chi connectivity index (χ0v) is 30.8. The van der Waals surface area contributed by atoms with E-state index >= 15 is 0 Å².